The highest BCUT2D eigenvalue weighted by Gasteiger charge is 2.24. The zero-order valence-electron chi connectivity index (χ0n) is 16.9. The Bertz CT molecular complexity index is 1150. The molecule has 0 aliphatic rings. The van der Waals surface area contributed by atoms with Gasteiger partial charge >= 0.3 is 0 Å². The number of carbonyl (C=O) groups excluding carboxylic acids is 1. The zero-order chi connectivity index (χ0) is 21.6. The van der Waals surface area contributed by atoms with Crippen molar-refractivity contribution < 1.29 is 13.9 Å². The van der Waals surface area contributed by atoms with Crippen LogP contribution in [0.1, 0.15) is 16.2 Å². The number of aromatic nitrogens is 3. The van der Waals surface area contributed by atoms with Crippen LogP contribution in [0.5, 0.6) is 0 Å². The fourth-order valence-corrected chi connectivity index (χ4v) is 3.85. The first kappa shape index (κ1) is 20.9. The van der Waals surface area contributed by atoms with Crippen molar-refractivity contribution >= 4 is 17.2 Å². The number of halogens is 1. The van der Waals surface area contributed by atoms with E-state index in [2.05, 4.69) is 10.1 Å². The number of ether oxygens (including phenoxy) is 1. The van der Waals surface area contributed by atoms with Gasteiger partial charge in [-0.2, -0.15) is 0 Å². The summed E-state index contributed by atoms with van der Waals surface area (Å²) in [5.41, 5.74) is 1.50. The minimum Gasteiger partial charge on any atom is -0.383 e. The molecule has 0 N–H and O–H groups in total. The number of methoxy groups -OCH3 is 1. The average molecular weight is 437 g/mol. The van der Waals surface area contributed by atoms with E-state index < -0.39 is 0 Å². The molecule has 0 aliphatic carbocycles. The summed E-state index contributed by atoms with van der Waals surface area (Å²) in [4.78, 5) is 20.4. The molecule has 0 radical (unpaired) electrons. The maximum absolute atomic E-state index is 13.9. The number of thiophene rings is 1. The largest absolute Gasteiger partial charge is 0.383 e. The molecule has 0 atom stereocenters. The van der Waals surface area contributed by atoms with Crippen LogP contribution in [0.25, 0.3) is 16.4 Å². The van der Waals surface area contributed by atoms with Gasteiger partial charge in [0.1, 0.15) is 5.82 Å². The van der Waals surface area contributed by atoms with E-state index in [0.717, 1.165) is 10.4 Å². The molecular weight excluding hydrogens is 415 g/mol. The monoisotopic (exact) mass is 436 g/mol. The molecular formula is C23H21FN4O2S. The van der Waals surface area contributed by atoms with Crippen molar-refractivity contribution in [2.45, 2.75) is 6.54 Å². The van der Waals surface area contributed by atoms with Crippen LogP contribution in [-0.4, -0.2) is 45.8 Å². The Balaban J connectivity index is 1.71. The average Bonchev–Trinajstić information content (AvgIpc) is 3.47. The predicted molar refractivity (Wildman–Crippen MR) is 118 cm³/mol. The number of hydrogen-bond donors (Lipinski definition) is 0. The second-order valence-electron chi connectivity index (χ2n) is 6.83. The summed E-state index contributed by atoms with van der Waals surface area (Å²) in [5, 5.41) is 6.38. The zero-order valence-corrected chi connectivity index (χ0v) is 17.8. The Labute approximate surface area is 183 Å². The number of rotatable bonds is 8. The van der Waals surface area contributed by atoms with Gasteiger partial charge in [-0.25, -0.2) is 14.1 Å². The van der Waals surface area contributed by atoms with E-state index in [9.17, 15) is 9.18 Å². The van der Waals surface area contributed by atoms with Crippen LogP contribution in [0.2, 0.25) is 0 Å². The van der Waals surface area contributed by atoms with E-state index in [0.29, 0.717) is 31.2 Å². The number of hydrogen-bond acceptors (Lipinski definition) is 5. The van der Waals surface area contributed by atoms with Crippen LogP contribution in [0, 0.1) is 5.82 Å². The molecule has 158 valence electrons. The summed E-state index contributed by atoms with van der Waals surface area (Å²) < 4.78 is 20.6. The van der Waals surface area contributed by atoms with Crippen molar-refractivity contribution in [1.82, 2.24) is 19.7 Å². The Morgan fingerprint density at radius 1 is 1.13 bits per heavy atom. The van der Waals surface area contributed by atoms with Gasteiger partial charge in [-0.1, -0.05) is 42.5 Å². The van der Waals surface area contributed by atoms with E-state index >= 15 is 0 Å². The summed E-state index contributed by atoms with van der Waals surface area (Å²) >= 11 is 1.48. The van der Waals surface area contributed by atoms with Crippen LogP contribution >= 0.6 is 11.3 Å². The predicted octanol–water partition coefficient (Wildman–Crippen LogP) is 4.42. The molecule has 0 unspecified atom stereocenters. The van der Waals surface area contributed by atoms with Crippen LogP contribution in [0.15, 0.2) is 72.1 Å². The number of benzene rings is 2. The van der Waals surface area contributed by atoms with Crippen LogP contribution in [0.3, 0.4) is 0 Å². The quantitative estimate of drug-likeness (QED) is 0.410. The SMILES string of the molecule is COCCN(Cc1ccccc1)C(=O)c1nc(-c2cccs2)n(-c2cccc(F)c2)n1. The van der Waals surface area contributed by atoms with Gasteiger partial charge in [-0.3, -0.25) is 4.79 Å². The minimum atomic E-state index is -0.385. The molecule has 0 aliphatic heterocycles. The molecule has 0 saturated heterocycles. The highest BCUT2D eigenvalue weighted by molar-refractivity contribution is 7.13. The fourth-order valence-electron chi connectivity index (χ4n) is 3.15. The van der Waals surface area contributed by atoms with Gasteiger partial charge in [0.05, 0.1) is 17.2 Å². The Kier molecular flexibility index (Phi) is 6.49. The van der Waals surface area contributed by atoms with Gasteiger partial charge in [0, 0.05) is 20.2 Å². The first-order chi connectivity index (χ1) is 15.2. The lowest BCUT2D eigenvalue weighted by atomic mass is 10.2. The molecule has 1 amide bonds. The summed E-state index contributed by atoms with van der Waals surface area (Å²) in [5.74, 6) is -0.146. The van der Waals surface area contributed by atoms with Gasteiger partial charge in [0.15, 0.2) is 5.82 Å². The lowest BCUT2D eigenvalue weighted by Gasteiger charge is -2.21. The second kappa shape index (κ2) is 9.63. The highest BCUT2D eigenvalue weighted by Crippen LogP contribution is 2.26. The molecule has 0 fully saturated rings. The van der Waals surface area contributed by atoms with Crippen molar-refractivity contribution in [3.8, 4) is 16.4 Å². The van der Waals surface area contributed by atoms with Gasteiger partial charge in [0.25, 0.3) is 5.91 Å². The highest BCUT2D eigenvalue weighted by atomic mass is 32.1. The third-order valence-electron chi connectivity index (χ3n) is 4.66. The van der Waals surface area contributed by atoms with E-state index in [1.807, 2.05) is 47.8 Å². The van der Waals surface area contributed by atoms with Crippen LogP contribution in [-0.2, 0) is 11.3 Å². The first-order valence-corrected chi connectivity index (χ1v) is 10.6. The summed E-state index contributed by atoms with van der Waals surface area (Å²) in [7, 11) is 1.59. The number of nitrogens with zero attached hydrogens (tertiary/aromatic N) is 4. The van der Waals surface area contributed by atoms with Crippen molar-refractivity contribution in [2.24, 2.45) is 0 Å². The molecule has 0 bridgehead atoms. The molecule has 2 aromatic carbocycles. The van der Waals surface area contributed by atoms with Crippen molar-refractivity contribution in [3.63, 3.8) is 0 Å². The maximum Gasteiger partial charge on any atom is 0.293 e. The molecule has 31 heavy (non-hydrogen) atoms. The van der Waals surface area contributed by atoms with E-state index in [1.54, 1.807) is 24.1 Å². The lowest BCUT2D eigenvalue weighted by Crippen LogP contribution is -2.34. The first-order valence-electron chi connectivity index (χ1n) is 9.74. The maximum atomic E-state index is 13.9. The summed E-state index contributed by atoms with van der Waals surface area (Å²) in [6.45, 7) is 1.19. The van der Waals surface area contributed by atoms with Crippen LogP contribution in [0.4, 0.5) is 4.39 Å². The summed E-state index contributed by atoms with van der Waals surface area (Å²) in [6.07, 6.45) is 0. The molecule has 0 saturated carbocycles. The van der Waals surface area contributed by atoms with Crippen molar-refractivity contribution in [3.05, 3.63) is 89.3 Å². The molecule has 0 spiro atoms. The van der Waals surface area contributed by atoms with Crippen LogP contribution < -0.4 is 0 Å². The van der Waals surface area contributed by atoms with E-state index in [-0.39, 0.29) is 17.5 Å². The smallest absolute Gasteiger partial charge is 0.293 e. The van der Waals surface area contributed by atoms with Gasteiger partial charge in [-0.05, 0) is 35.2 Å². The Morgan fingerprint density at radius 2 is 1.97 bits per heavy atom. The van der Waals surface area contributed by atoms with Gasteiger partial charge in [-0.15, -0.1) is 16.4 Å². The lowest BCUT2D eigenvalue weighted by molar-refractivity contribution is 0.0668. The molecule has 8 heteroatoms. The topological polar surface area (TPSA) is 60.2 Å². The standard InChI is InChI=1S/C23H21FN4O2S/c1-30-13-12-27(16-17-7-3-2-4-8-17)23(29)21-25-22(20-11-6-14-31-20)28(26-21)19-10-5-9-18(24)15-19/h2-11,14-15H,12-13,16H2,1H3. The van der Waals surface area contributed by atoms with Gasteiger partial charge in [0.2, 0.25) is 5.82 Å². The normalized spacial score (nSPS) is 10.9. The second-order valence-corrected chi connectivity index (χ2v) is 7.78. The van der Waals surface area contributed by atoms with Gasteiger partial charge < -0.3 is 9.64 Å². The van der Waals surface area contributed by atoms with Crippen molar-refractivity contribution in [2.75, 3.05) is 20.3 Å². The minimum absolute atomic E-state index is 0.0553. The third kappa shape index (κ3) is 4.87. The molecule has 4 aromatic rings. The Hall–Kier alpha value is -3.36. The van der Waals surface area contributed by atoms with Crippen molar-refractivity contribution in [1.29, 1.82) is 0 Å². The molecule has 2 heterocycles. The number of amides is 1. The molecule has 2 aromatic heterocycles. The molecule has 6 nitrogen and oxygen atoms in total. The van der Waals surface area contributed by atoms with E-state index in [4.69, 9.17) is 4.74 Å². The summed E-state index contributed by atoms with van der Waals surface area (Å²) in [6, 6.07) is 19.6. The fraction of sp³-hybridized carbons (Fsp3) is 0.174. The molecule has 4 rings (SSSR count). The van der Waals surface area contributed by atoms with E-state index in [1.165, 1.54) is 28.2 Å². The number of carbonyl (C=O) groups is 1. The third-order valence-corrected chi connectivity index (χ3v) is 5.53. The Morgan fingerprint density at radius 3 is 2.68 bits per heavy atom.